The molecule has 4 N–H and O–H groups in total. The normalized spacial score (nSPS) is 20.5. The molecule has 2 fully saturated rings. The molecule has 0 bridgehead atoms. The van der Waals surface area contributed by atoms with Gasteiger partial charge in [-0.1, -0.05) is 35.5 Å². The lowest BCUT2D eigenvalue weighted by Gasteiger charge is -2.09. The fourth-order valence-corrected chi connectivity index (χ4v) is 4.74. The van der Waals surface area contributed by atoms with Crippen LogP contribution in [0, 0.1) is 0 Å². The van der Waals surface area contributed by atoms with Crippen molar-refractivity contribution in [2.45, 2.75) is 37.8 Å². The number of amides is 1. The molecule has 8 heteroatoms. The van der Waals surface area contributed by atoms with Crippen LogP contribution in [0.3, 0.4) is 0 Å². The Balaban J connectivity index is 1.20. The van der Waals surface area contributed by atoms with Crippen LogP contribution in [0.4, 0.5) is 5.82 Å². The lowest BCUT2D eigenvalue weighted by atomic mass is 10.0. The van der Waals surface area contributed by atoms with Gasteiger partial charge in [0.25, 0.3) is 0 Å². The highest BCUT2D eigenvalue weighted by Crippen LogP contribution is 2.30. The van der Waals surface area contributed by atoms with E-state index in [1.165, 1.54) is 6.42 Å². The number of nitrogens with zero attached hydrogens (tertiary/aromatic N) is 2. The van der Waals surface area contributed by atoms with Gasteiger partial charge in [-0.15, -0.1) is 0 Å². The summed E-state index contributed by atoms with van der Waals surface area (Å²) in [6.07, 6.45) is 6.08. The van der Waals surface area contributed by atoms with Crippen LogP contribution in [0.2, 0.25) is 0 Å². The van der Waals surface area contributed by atoms with Crippen LogP contribution >= 0.6 is 0 Å². The van der Waals surface area contributed by atoms with Crippen LogP contribution < -0.4 is 16.0 Å². The SMILES string of the molecule is O=C(Nc1noc2cc(-c3ccc(-c4cnc([C@@H]5CCCN5)[nH]4)cc3)ccc12)[C@@H]1CCCN1. The predicted octanol–water partition coefficient (Wildman–Crippen LogP) is 4.00. The Morgan fingerprint density at radius 2 is 1.76 bits per heavy atom. The van der Waals surface area contributed by atoms with Gasteiger partial charge in [0, 0.05) is 0 Å². The van der Waals surface area contributed by atoms with Gasteiger partial charge in [-0.25, -0.2) is 4.98 Å². The number of nitrogens with one attached hydrogen (secondary N) is 4. The summed E-state index contributed by atoms with van der Waals surface area (Å²) in [6.45, 7) is 1.93. The molecule has 4 aromatic rings. The average molecular weight is 443 g/mol. The molecule has 2 atom stereocenters. The van der Waals surface area contributed by atoms with E-state index in [-0.39, 0.29) is 11.9 Å². The maximum absolute atomic E-state index is 12.4. The van der Waals surface area contributed by atoms with Gasteiger partial charge in [0.15, 0.2) is 11.4 Å². The van der Waals surface area contributed by atoms with E-state index < -0.39 is 0 Å². The summed E-state index contributed by atoms with van der Waals surface area (Å²) < 4.78 is 5.51. The minimum absolute atomic E-state index is 0.0620. The monoisotopic (exact) mass is 442 g/mol. The number of aromatic amines is 1. The number of benzene rings is 2. The van der Waals surface area contributed by atoms with Gasteiger partial charge in [-0.3, -0.25) is 4.79 Å². The summed E-state index contributed by atoms with van der Waals surface area (Å²) in [5, 5.41) is 14.4. The van der Waals surface area contributed by atoms with Crippen molar-refractivity contribution in [2.75, 3.05) is 18.4 Å². The van der Waals surface area contributed by atoms with Crippen molar-refractivity contribution < 1.29 is 9.32 Å². The van der Waals surface area contributed by atoms with E-state index in [9.17, 15) is 4.79 Å². The summed E-state index contributed by atoms with van der Waals surface area (Å²) in [4.78, 5) is 20.4. The molecule has 8 nitrogen and oxygen atoms in total. The lowest BCUT2D eigenvalue weighted by molar-refractivity contribution is -0.117. The molecule has 0 unspecified atom stereocenters. The van der Waals surface area contributed by atoms with E-state index in [0.717, 1.165) is 65.9 Å². The number of hydrogen-bond donors (Lipinski definition) is 4. The number of anilines is 1. The number of rotatable bonds is 5. The van der Waals surface area contributed by atoms with E-state index in [1.54, 1.807) is 0 Å². The van der Waals surface area contributed by atoms with E-state index in [0.29, 0.717) is 17.4 Å². The number of hydrogen-bond acceptors (Lipinski definition) is 6. The van der Waals surface area contributed by atoms with Crippen molar-refractivity contribution in [3.05, 3.63) is 54.5 Å². The van der Waals surface area contributed by atoms with Crippen LogP contribution in [-0.2, 0) is 4.79 Å². The van der Waals surface area contributed by atoms with Crippen molar-refractivity contribution in [1.82, 2.24) is 25.8 Å². The molecule has 6 rings (SSSR count). The third-order valence-electron chi connectivity index (χ3n) is 6.61. The smallest absolute Gasteiger partial charge is 0.242 e. The van der Waals surface area contributed by atoms with Crippen molar-refractivity contribution in [2.24, 2.45) is 0 Å². The Morgan fingerprint density at radius 1 is 0.970 bits per heavy atom. The molecule has 2 aromatic heterocycles. The summed E-state index contributed by atoms with van der Waals surface area (Å²) in [5.74, 6) is 1.42. The largest absolute Gasteiger partial charge is 0.354 e. The minimum atomic E-state index is -0.157. The predicted molar refractivity (Wildman–Crippen MR) is 127 cm³/mol. The van der Waals surface area contributed by atoms with Gasteiger partial charge in [0.2, 0.25) is 5.91 Å². The highest BCUT2D eigenvalue weighted by atomic mass is 16.5. The van der Waals surface area contributed by atoms with Crippen molar-refractivity contribution >= 4 is 22.7 Å². The molecule has 0 spiro atoms. The van der Waals surface area contributed by atoms with Crippen LogP contribution in [-0.4, -0.2) is 40.2 Å². The van der Waals surface area contributed by atoms with E-state index in [4.69, 9.17) is 4.52 Å². The Morgan fingerprint density at radius 3 is 2.55 bits per heavy atom. The molecular formula is C25H26N6O2. The first kappa shape index (κ1) is 20.1. The maximum atomic E-state index is 12.4. The van der Waals surface area contributed by atoms with Crippen molar-refractivity contribution in [1.29, 1.82) is 0 Å². The summed E-state index contributed by atoms with van der Waals surface area (Å²) in [5.41, 5.74) is 4.87. The zero-order valence-corrected chi connectivity index (χ0v) is 18.2. The van der Waals surface area contributed by atoms with Gasteiger partial charge < -0.3 is 25.5 Å². The molecule has 0 aliphatic carbocycles. The van der Waals surface area contributed by atoms with Crippen LogP contribution in [0.1, 0.15) is 37.5 Å². The molecule has 0 saturated carbocycles. The van der Waals surface area contributed by atoms with E-state index in [1.807, 2.05) is 24.4 Å². The third kappa shape index (κ3) is 3.92. The molecule has 33 heavy (non-hydrogen) atoms. The first-order valence-electron chi connectivity index (χ1n) is 11.6. The summed E-state index contributed by atoms with van der Waals surface area (Å²) >= 11 is 0. The third-order valence-corrected chi connectivity index (χ3v) is 6.61. The standard InChI is InChI=1S/C25H26N6O2/c32-25(20-4-2-12-27-20)30-23-18-10-9-17(13-22(18)33-31-23)15-5-7-16(8-6-15)21-14-28-24(29-21)19-3-1-11-26-19/h5-10,13-14,19-20,26-27H,1-4,11-12H2,(H,28,29)(H,30,31,32)/t19-,20-/m0/s1. The van der Waals surface area contributed by atoms with E-state index >= 15 is 0 Å². The Hall–Kier alpha value is -3.49. The van der Waals surface area contributed by atoms with Gasteiger partial charge in [0.1, 0.15) is 5.82 Å². The van der Waals surface area contributed by atoms with Gasteiger partial charge in [-0.2, -0.15) is 0 Å². The highest BCUT2D eigenvalue weighted by molar-refractivity contribution is 6.01. The molecule has 1 amide bonds. The maximum Gasteiger partial charge on any atom is 0.242 e. The molecule has 0 radical (unpaired) electrons. The molecule has 2 aliphatic heterocycles. The van der Waals surface area contributed by atoms with Gasteiger partial charge >= 0.3 is 0 Å². The minimum Gasteiger partial charge on any atom is -0.354 e. The van der Waals surface area contributed by atoms with Crippen LogP contribution in [0.25, 0.3) is 33.4 Å². The van der Waals surface area contributed by atoms with E-state index in [2.05, 4.69) is 55.3 Å². The molecule has 2 aromatic carbocycles. The quantitative estimate of drug-likeness (QED) is 0.372. The molecule has 2 saturated heterocycles. The highest BCUT2D eigenvalue weighted by Gasteiger charge is 2.24. The zero-order valence-electron chi connectivity index (χ0n) is 18.2. The first-order chi connectivity index (χ1) is 16.2. The Labute approximate surface area is 191 Å². The first-order valence-corrected chi connectivity index (χ1v) is 11.6. The van der Waals surface area contributed by atoms with Crippen LogP contribution in [0.15, 0.2) is 53.2 Å². The Kier molecular flexibility index (Phi) is 5.16. The summed E-state index contributed by atoms with van der Waals surface area (Å²) in [6, 6.07) is 14.5. The van der Waals surface area contributed by atoms with Crippen LogP contribution in [0.5, 0.6) is 0 Å². The number of carbonyl (C=O) groups excluding carboxylic acids is 1. The number of fused-ring (bicyclic) bond motifs is 1. The fraction of sp³-hybridized carbons (Fsp3) is 0.320. The molecule has 2 aliphatic rings. The number of aromatic nitrogens is 3. The molecule has 168 valence electrons. The topological polar surface area (TPSA) is 108 Å². The Bertz CT molecular complexity index is 1280. The number of imidazole rings is 1. The van der Waals surface area contributed by atoms with Gasteiger partial charge in [0.05, 0.1) is 29.4 Å². The fourth-order valence-electron chi connectivity index (χ4n) is 4.74. The van der Waals surface area contributed by atoms with Crippen molar-refractivity contribution in [3.8, 4) is 22.4 Å². The van der Waals surface area contributed by atoms with Crippen molar-refractivity contribution in [3.63, 3.8) is 0 Å². The number of H-pyrrole nitrogens is 1. The molecule has 4 heterocycles. The zero-order chi connectivity index (χ0) is 22.2. The lowest BCUT2D eigenvalue weighted by Crippen LogP contribution is -2.35. The second-order valence-corrected chi connectivity index (χ2v) is 8.79. The average Bonchev–Trinajstić information content (AvgIpc) is 3.66. The second-order valence-electron chi connectivity index (χ2n) is 8.79. The molecular weight excluding hydrogens is 416 g/mol. The second kappa shape index (κ2) is 8.46. The number of carbonyl (C=O) groups is 1. The van der Waals surface area contributed by atoms with Gasteiger partial charge in [-0.05, 0) is 67.6 Å². The summed E-state index contributed by atoms with van der Waals surface area (Å²) in [7, 11) is 0.